The smallest absolute Gasteiger partial charge is 0.319 e. The number of aromatic nitrogens is 1. The highest BCUT2D eigenvalue weighted by Crippen LogP contribution is 2.27. The van der Waals surface area contributed by atoms with E-state index in [9.17, 15) is 14.7 Å². The summed E-state index contributed by atoms with van der Waals surface area (Å²) in [4.78, 5) is 23.5. The first-order valence-electron chi connectivity index (χ1n) is 7.55. The second kappa shape index (κ2) is 10.6. The minimum atomic E-state index is -1.03. The van der Waals surface area contributed by atoms with Gasteiger partial charge in [0, 0.05) is 6.54 Å². The molecule has 7 nitrogen and oxygen atoms in total. The Hall–Kier alpha value is -1.16. The van der Waals surface area contributed by atoms with E-state index in [4.69, 9.17) is 5.11 Å². The molecule has 0 fully saturated rings. The molecule has 1 unspecified atom stereocenters. The number of amides is 2. The third-order valence-electron chi connectivity index (χ3n) is 3.18. The molecule has 2 amide bonds. The zero-order chi connectivity index (χ0) is 17.2. The third-order valence-corrected chi connectivity index (χ3v) is 4.20. The molecule has 0 aliphatic heterocycles. The van der Waals surface area contributed by atoms with Gasteiger partial charge >= 0.3 is 6.03 Å². The normalized spacial score (nSPS) is 12.0. The summed E-state index contributed by atoms with van der Waals surface area (Å²) >= 11 is 4.89. The summed E-state index contributed by atoms with van der Waals surface area (Å²) in [6, 6.07) is -0.575. The van der Waals surface area contributed by atoms with Crippen LogP contribution in [0.2, 0.25) is 0 Å². The lowest BCUT2D eigenvalue weighted by molar-refractivity contribution is 0.0965. The molecule has 0 aromatic carbocycles. The molecule has 0 bridgehead atoms. The number of thiol groups is 1. The van der Waals surface area contributed by atoms with E-state index in [1.807, 2.05) is 0 Å². The van der Waals surface area contributed by atoms with Crippen molar-refractivity contribution in [3.8, 4) is 0 Å². The average Bonchev–Trinajstić information content (AvgIpc) is 2.91. The Balaban J connectivity index is 2.66. The molecule has 0 radical (unpaired) electrons. The largest absolute Gasteiger partial charge is 0.394 e. The van der Waals surface area contributed by atoms with Gasteiger partial charge in [-0.25, -0.2) is 4.79 Å². The predicted molar refractivity (Wildman–Crippen MR) is 93.4 cm³/mol. The highest BCUT2D eigenvalue weighted by atomic mass is 32.1. The number of carbonyl (C=O) groups is 2. The maximum absolute atomic E-state index is 11.7. The summed E-state index contributed by atoms with van der Waals surface area (Å²) in [6.45, 7) is 1.60. The lowest BCUT2D eigenvalue weighted by Crippen LogP contribution is -2.36. The van der Waals surface area contributed by atoms with E-state index in [0.717, 1.165) is 37.2 Å². The molecule has 1 aromatic rings. The molecule has 23 heavy (non-hydrogen) atoms. The van der Waals surface area contributed by atoms with Crippen molar-refractivity contribution in [1.29, 1.82) is 0 Å². The number of carbonyl (C=O) groups excluding carboxylic acids is 2. The Morgan fingerprint density at radius 2 is 2.09 bits per heavy atom. The lowest BCUT2D eigenvalue weighted by atomic mass is 10.1. The fourth-order valence-corrected chi connectivity index (χ4v) is 3.08. The van der Waals surface area contributed by atoms with Crippen LogP contribution in [0.1, 0.15) is 48.7 Å². The Labute approximate surface area is 145 Å². The van der Waals surface area contributed by atoms with Crippen LogP contribution in [0.4, 0.5) is 9.80 Å². The molecule has 1 aromatic heterocycles. The van der Waals surface area contributed by atoms with Crippen LogP contribution >= 0.6 is 24.2 Å². The van der Waals surface area contributed by atoms with Crippen LogP contribution in [-0.2, 0) is 6.42 Å². The summed E-state index contributed by atoms with van der Waals surface area (Å²) < 4.78 is 4.24. The fraction of sp³-hybridized carbons (Fsp3) is 0.643. The molecular formula is C14H23N3O4S2. The molecule has 0 saturated carbocycles. The van der Waals surface area contributed by atoms with E-state index in [1.54, 1.807) is 0 Å². The number of anilines is 1. The van der Waals surface area contributed by atoms with Crippen LogP contribution < -0.4 is 10.6 Å². The summed E-state index contributed by atoms with van der Waals surface area (Å²) in [7, 11) is 0. The van der Waals surface area contributed by atoms with Gasteiger partial charge in [0.2, 0.25) is 5.12 Å². The Kier molecular flexibility index (Phi) is 9.15. The van der Waals surface area contributed by atoms with Crippen LogP contribution in [0.5, 0.6) is 0 Å². The second-order valence-corrected chi connectivity index (χ2v) is 6.30. The summed E-state index contributed by atoms with van der Waals surface area (Å²) in [6.07, 6.45) is 3.90. The molecule has 0 saturated heterocycles. The van der Waals surface area contributed by atoms with Gasteiger partial charge in [-0.3, -0.25) is 10.1 Å². The van der Waals surface area contributed by atoms with Gasteiger partial charge in [-0.05, 0) is 24.4 Å². The number of unbranched alkanes of at least 4 members (excludes halogenated alkanes) is 3. The van der Waals surface area contributed by atoms with Crippen LogP contribution in [0.3, 0.4) is 0 Å². The lowest BCUT2D eigenvalue weighted by Gasteiger charge is -2.09. The summed E-state index contributed by atoms with van der Waals surface area (Å²) in [5.41, 5.74) is 0.976. The molecule has 9 heteroatoms. The van der Waals surface area contributed by atoms with E-state index in [0.29, 0.717) is 22.7 Å². The van der Waals surface area contributed by atoms with Gasteiger partial charge in [0.25, 0.3) is 0 Å². The molecule has 1 rings (SSSR count). The van der Waals surface area contributed by atoms with Crippen molar-refractivity contribution in [2.75, 3.05) is 18.5 Å². The van der Waals surface area contributed by atoms with Gasteiger partial charge in [0.05, 0.1) is 24.0 Å². The SMILES string of the molecule is CCCCCCc1nsc(NC(=O)NCC(O)CO)c1C(=O)S. The zero-order valence-corrected chi connectivity index (χ0v) is 14.8. The first-order valence-corrected chi connectivity index (χ1v) is 8.77. The van der Waals surface area contributed by atoms with E-state index in [2.05, 4.69) is 34.6 Å². The third kappa shape index (κ3) is 6.86. The summed E-state index contributed by atoms with van der Waals surface area (Å²) in [5, 5.41) is 22.7. The van der Waals surface area contributed by atoms with Gasteiger partial charge in [-0.2, -0.15) is 4.37 Å². The number of urea groups is 1. The number of nitrogens with one attached hydrogen (secondary N) is 2. The van der Waals surface area contributed by atoms with Crippen molar-refractivity contribution < 1.29 is 19.8 Å². The number of hydrogen-bond acceptors (Lipinski definition) is 6. The highest BCUT2D eigenvalue weighted by molar-refractivity contribution is 7.97. The topological polar surface area (TPSA) is 112 Å². The maximum Gasteiger partial charge on any atom is 0.319 e. The van der Waals surface area contributed by atoms with Gasteiger partial charge in [0.15, 0.2) is 0 Å². The monoisotopic (exact) mass is 361 g/mol. The first-order chi connectivity index (χ1) is 11.0. The quantitative estimate of drug-likeness (QED) is 0.322. The van der Waals surface area contributed by atoms with Crippen molar-refractivity contribution in [2.45, 2.75) is 45.1 Å². The van der Waals surface area contributed by atoms with Crippen molar-refractivity contribution in [3.05, 3.63) is 11.3 Å². The maximum atomic E-state index is 11.7. The minimum absolute atomic E-state index is 0.0881. The van der Waals surface area contributed by atoms with Crippen molar-refractivity contribution >= 4 is 40.3 Å². The number of aliphatic hydroxyl groups is 2. The van der Waals surface area contributed by atoms with E-state index >= 15 is 0 Å². The molecule has 0 aliphatic carbocycles. The van der Waals surface area contributed by atoms with Crippen molar-refractivity contribution in [3.63, 3.8) is 0 Å². The zero-order valence-electron chi connectivity index (χ0n) is 13.0. The standard InChI is InChI=1S/C14H23N3O4S2/c1-2-3-4-5-6-10-11(13(20)22)12(23-17-10)16-14(21)15-7-9(19)8-18/h9,18-19H,2-8H2,1H3,(H,20,22)(H2,15,16,21). The summed E-state index contributed by atoms with van der Waals surface area (Å²) in [5.74, 6) is 0. The van der Waals surface area contributed by atoms with Crippen molar-refractivity contribution in [2.24, 2.45) is 0 Å². The van der Waals surface area contributed by atoms with Crippen molar-refractivity contribution in [1.82, 2.24) is 9.69 Å². The predicted octanol–water partition coefficient (Wildman–Crippen LogP) is 1.81. The molecular weight excluding hydrogens is 338 g/mol. The number of rotatable bonds is 10. The fourth-order valence-electron chi connectivity index (χ4n) is 1.94. The van der Waals surface area contributed by atoms with Crippen LogP contribution in [0.15, 0.2) is 0 Å². The molecule has 4 N–H and O–H groups in total. The number of aryl methyl sites for hydroxylation is 1. The van der Waals surface area contributed by atoms with Gasteiger partial charge in [-0.15, -0.1) is 12.6 Å². The van der Waals surface area contributed by atoms with Crippen LogP contribution in [0.25, 0.3) is 0 Å². The minimum Gasteiger partial charge on any atom is -0.394 e. The average molecular weight is 361 g/mol. The number of nitrogens with zero attached hydrogens (tertiary/aromatic N) is 1. The number of aliphatic hydroxyl groups excluding tert-OH is 2. The van der Waals surface area contributed by atoms with E-state index in [1.165, 1.54) is 0 Å². The van der Waals surface area contributed by atoms with Gasteiger partial charge < -0.3 is 15.5 Å². The van der Waals surface area contributed by atoms with Crippen LogP contribution in [-0.4, -0.2) is 45.0 Å². The molecule has 0 aliphatic rings. The van der Waals surface area contributed by atoms with Gasteiger partial charge in [0.1, 0.15) is 5.00 Å². The Morgan fingerprint density at radius 3 is 2.70 bits per heavy atom. The Morgan fingerprint density at radius 1 is 1.35 bits per heavy atom. The highest BCUT2D eigenvalue weighted by Gasteiger charge is 2.20. The molecule has 1 atom stereocenters. The van der Waals surface area contributed by atoms with E-state index < -0.39 is 23.9 Å². The van der Waals surface area contributed by atoms with E-state index in [-0.39, 0.29) is 6.54 Å². The molecule has 0 spiro atoms. The Bertz CT molecular complexity index is 522. The second-order valence-electron chi connectivity index (χ2n) is 5.12. The molecule has 1 heterocycles. The first kappa shape index (κ1) is 19.9. The molecule has 130 valence electrons. The van der Waals surface area contributed by atoms with Crippen LogP contribution in [0, 0.1) is 0 Å². The van der Waals surface area contributed by atoms with Gasteiger partial charge in [-0.1, -0.05) is 26.2 Å². The number of hydrogen-bond donors (Lipinski definition) is 5.